The van der Waals surface area contributed by atoms with Gasteiger partial charge in [-0.1, -0.05) is 103 Å². The van der Waals surface area contributed by atoms with Gasteiger partial charge in [-0.15, -0.1) is 0 Å². The number of fused-ring (bicyclic) bond motifs is 7. The van der Waals surface area contributed by atoms with Crippen molar-refractivity contribution in [3.05, 3.63) is 134 Å². The summed E-state index contributed by atoms with van der Waals surface area (Å²) in [5, 5.41) is 0. The quantitative estimate of drug-likeness (QED) is 0.136. The Bertz CT molecular complexity index is 2570. The summed E-state index contributed by atoms with van der Waals surface area (Å²) in [6, 6.07) is 27.6. The third-order valence-corrected chi connectivity index (χ3v) is 18.3. The fourth-order valence-corrected chi connectivity index (χ4v) is 15.2. The Morgan fingerprint density at radius 3 is 1.95 bits per heavy atom. The second kappa shape index (κ2) is 13.5. The summed E-state index contributed by atoms with van der Waals surface area (Å²) in [7, 11) is 0. The maximum absolute atomic E-state index is 15.3. The first-order valence-electron chi connectivity index (χ1n) is 22.8. The van der Waals surface area contributed by atoms with Gasteiger partial charge in [0.2, 0.25) is 0 Å². The first kappa shape index (κ1) is 40.2. The average molecular weight is 824 g/mol. The number of nitrogens with zero attached hydrogens (tertiary/aromatic N) is 3. The summed E-state index contributed by atoms with van der Waals surface area (Å²) < 4.78 is 18.0. The van der Waals surface area contributed by atoms with Crippen LogP contribution in [0.4, 0.5) is 0 Å². The molecular weight excluding hydrogens is 763 g/mol. The van der Waals surface area contributed by atoms with Crippen LogP contribution in [0.2, 0.25) is 0 Å². The van der Waals surface area contributed by atoms with Crippen molar-refractivity contribution < 1.29 is 19.1 Å². The molecule has 0 radical (unpaired) electrons. The number of allylic oxidation sites excluding steroid dienone is 1. The van der Waals surface area contributed by atoms with Crippen LogP contribution in [-0.4, -0.2) is 38.6 Å². The van der Waals surface area contributed by atoms with E-state index in [4.69, 9.17) is 9.47 Å². The molecule has 5 aliphatic carbocycles. The Balaban J connectivity index is 1.13. The van der Waals surface area contributed by atoms with Crippen LogP contribution in [-0.2, 0) is 15.0 Å². The van der Waals surface area contributed by atoms with E-state index in [-0.39, 0.29) is 81.5 Å². The highest BCUT2D eigenvalue weighted by molar-refractivity contribution is 5.90. The van der Waals surface area contributed by atoms with Crippen LogP contribution < -0.4 is 11.4 Å². The lowest BCUT2D eigenvalue weighted by atomic mass is 9.33. The van der Waals surface area contributed by atoms with E-state index in [2.05, 4.69) is 48.5 Å². The zero-order valence-electron chi connectivity index (χ0n) is 36.9. The van der Waals surface area contributed by atoms with Crippen molar-refractivity contribution in [1.29, 1.82) is 0 Å². The third kappa shape index (κ3) is 5.24. The molecule has 0 unspecified atom stereocenters. The third-order valence-electron chi connectivity index (χ3n) is 18.3. The molecule has 4 saturated carbocycles. The molecular formula is C52H61N3O6. The molecule has 9 atom stereocenters. The molecule has 3 aromatic carbocycles. The number of carbonyl (C=O) groups is 2. The maximum Gasteiger partial charge on any atom is 0.352 e. The van der Waals surface area contributed by atoms with Crippen molar-refractivity contribution >= 4 is 11.9 Å². The second-order valence-corrected chi connectivity index (χ2v) is 21.3. The van der Waals surface area contributed by atoms with E-state index in [0.717, 1.165) is 51.4 Å². The summed E-state index contributed by atoms with van der Waals surface area (Å²) in [5.74, 6) is -0.126. The van der Waals surface area contributed by atoms with Gasteiger partial charge in [0.15, 0.2) is 0 Å². The van der Waals surface area contributed by atoms with Crippen LogP contribution in [0.15, 0.2) is 112 Å². The highest BCUT2D eigenvalue weighted by Gasteiger charge is 2.73. The van der Waals surface area contributed by atoms with Crippen molar-refractivity contribution in [3.8, 4) is 5.69 Å². The number of carbonyl (C=O) groups excluding carboxylic acids is 2. The fourth-order valence-electron chi connectivity index (χ4n) is 15.2. The lowest BCUT2D eigenvalue weighted by Crippen LogP contribution is -2.67. The van der Waals surface area contributed by atoms with Crippen LogP contribution in [0.5, 0.6) is 0 Å². The highest BCUT2D eigenvalue weighted by atomic mass is 16.5. The Labute approximate surface area is 359 Å². The summed E-state index contributed by atoms with van der Waals surface area (Å²) in [6.07, 6.45) is 7.42. The smallest absolute Gasteiger partial charge is 0.352 e. The van der Waals surface area contributed by atoms with E-state index in [1.807, 2.05) is 88.2 Å². The van der Waals surface area contributed by atoms with E-state index in [1.54, 1.807) is 12.1 Å². The first-order chi connectivity index (χ1) is 29.0. The van der Waals surface area contributed by atoms with E-state index >= 15 is 9.59 Å². The Hall–Kier alpha value is -4.92. The Morgan fingerprint density at radius 1 is 0.705 bits per heavy atom. The van der Waals surface area contributed by atoms with Crippen LogP contribution in [0, 0.1) is 44.8 Å². The molecule has 4 aromatic rings. The van der Waals surface area contributed by atoms with Gasteiger partial charge in [-0.25, -0.2) is 33.1 Å². The summed E-state index contributed by atoms with van der Waals surface area (Å²) in [6.45, 7) is 16.8. The number of aromatic nitrogens is 3. The predicted octanol–water partition coefficient (Wildman–Crippen LogP) is 9.93. The fraction of sp³-hybridized carbons (Fsp3) is 0.538. The monoisotopic (exact) mass is 823 g/mol. The van der Waals surface area contributed by atoms with Crippen LogP contribution in [0.25, 0.3) is 5.69 Å². The SMILES string of the molecule is CC(C)[C@@]12CC[C@]3(COC(=O)c4ccccc4)CC[C@]4(C)C(=C31)[C@H](C[C@@H]1[C@@]3(C)CC[C@H](OC(=O)c5ccccc5)C(C)(C)[C@@H]3CC[C@]14C)n1c(=O)n(-c3ccccc3)c(=O)n12. The van der Waals surface area contributed by atoms with Gasteiger partial charge in [-0.2, -0.15) is 0 Å². The van der Waals surface area contributed by atoms with Crippen molar-refractivity contribution in [3.63, 3.8) is 0 Å². The standard InChI is InChI=1S/C52H61N3O6/c1-33(2)52-30-29-51(32-60-43(56)34-17-11-8-12-18-34)28-27-50(7)41(42(51)52)37(54-45(58)53(46(59)55(52)54)36-21-15-10-16-22-36)31-39-48(5)25-24-40(61-44(57)35-19-13-9-14-20-35)47(3,4)38(48)23-26-49(39,50)6/h8-22,33,37-40H,23-32H2,1-7H3/t37-,38-,39+,40-,48-,49+,50+,51-,52-/m0/s1. The molecule has 10 rings (SSSR count). The molecule has 1 aliphatic heterocycles. The largest absolute Gasteiger partial charge is 0.461 e. The molecule has 0 amide bonds. The molecule has 61 heavy (non-hydrogen) atoms. The molecule has 0 saturated heterocycles. The number of para-hydroxylation sites is 1. The topological polar surface area (TPSA) is 102 Å². The summed E-state index contributed by atoms with van der Waals surface area (Å²) in [4.78, 5) is 57.9. The number of esters is 2. The van der Waals surface area contributed by atoms with Crippen LogP contribution in [0.1, 0.15) is 133 Å². The molecule has 1 aromatic heterocycles. The van der Waals surface area contributed by atoms with Gasteiger partial charge in [-0.3, -0.25) is 0 Å². The minimum absolute atomic E-state index is 0.0200. The van der Waals surface area contributed by atoms with Gasteiger partial charge in [0, 0.05) is 10.8 Å². The van der Waals surface area contributed by atoms with Crippen LogP contribution in [0.3, 0.4) is 0 Å². The Morgan fingerprint density at radius 2 is 1.31 bits per heavy atom. The maximum atomic E-state index is 15.3. The van der Waals surface area contributed by atoms with Crippen molar-refractivity contribution in [2.75, 3.05) is 6.61 Å². The van der Waals surface area contributed by atoms with E-state index < -0.39 is 11.0 Å². The highest BCUT2D eigenvalue weighted by Crippen LogP contribution is 2.79. The zero-order valence-corrected chi connectivity index (χ0v) is 36.9. The lowest BCUT2D eigenvalue weighted by Gasteiger charge is -2.72. The molecule has 0 bridgehead atoms. The van der Waals surface area contributed by atoms with Gasteiger partial charge in [0.25, 0.3) is 0 Å². The molecule has 0 N–H and O–H groups in total. The second-order valence-electron chi connectivity index (χ2n) is 21.3. The molecule has 320 valence electrons. The van der Waals surface area contributed by atoms with Crippen LogP contribution >= 0.6 is 0 Å². The van der Waals surface area contributed by atoms with Crippen molar-refractivity contribution in [1.82, 2.24) is 13.9 Å². The number of rotatable bonds is 7. The number of hydrogen-bond acceptors (Lipinski definition) is 6. The zero-order chi connectivity index (χ0) is 42.9. The van der Waals surface area contributed by atoms with Gasteiger partial charge < -0.3 is 9.47 Å². The van der Waals surface area contributed by atoms with Gasteiger partial charge in [0.05, 0.1) is 28.4 Å². The molecule has 0 spiro atoms. The predicted molar refractivity (Wildman–Crippen MR) is 235 cm³/mol. The molecule has 9 nitrogen and oxygen atoms in total. The van der Waals surface area contributed by atoms with E-state index in [9.17, 15) is 9.59 Å². The lowest BCUT2D eigenvalue weighted by molar-refractivity contribution is -0.211. The summed E-state index contributed by atoms with van der Waals surface area (Å²) >= 11 is 0. The summed E-state index contributed by atoms with van der Waals surface area (Å²) in [5.41, 5.74) is 1.63. The molecule has 4 fully saturated rings. The molecule has 9 heteroatoms. The number of hydrogen-bond donors (Lipinski definition) is 0. The number of ether oxygens (including phenoxy) is 2. The normalized spacial score (nSPS) is 35.4. The number of benzene rings is 3. The van der Waals surface area contributed by atoms with Gasteiger partial charge in [-0.05, 0) is 139 Å². The minimum Gasteiger partial charge on any atom is -0.461 e. The average Bonchev–Trinajstić information content (AvgIpc) is 3.74. The van der Waals surface area contributed by atoms with E-state index in [0.29, 0.717) is 23.2 Å². The van der Waals surface area contributed by atoms with Gasteiger partial charge >= 0.3 is 23.3 Å². The van der Waals surface area contributed by atoms with Crippen molar-refractivity contribution in [2.45, 2.75) is 124 Å². The van der Waals surface area contributed by atoms with Crippen molar-refractivity contribution in [2.24, 2.45) is 44.8 Å². The molecule has 2 heterocycles. The molecule has 6 aliphatic rings. The minimum atomic E-state index is -0.768. The Kier molecular flexibility index (Phi) is 8.92. The van der Waals surface area contributed by atoms with E-state index in [1.165, 1.54) is 15.7 Å². The van der Waals surface area contributed by atoms with Gasteiger partial charge in [0.1, 0.15) is 12.7 Å². The first-order valence-corrected chi connectivity index (χ1v) is 22.8.